The normalized spacial score (nSPS) is 10.7. The van der Waals surface area contributed by atoms with Gasteiger partial charge in [0.05, 0.1) is 23.5 Å². The lowest BCUT2D eigenvalue weighted by atomic mass is 10.1. The molecule has 0 aliphatic rings. The van der Waals surface area contributed by atoms with Crippen molar-refractivity contribution in [1.29, 1.82) is 5.26 Å². The summed E-state index contributed by atoms with van der Waals surface area (Å²) in [6.07, 6.45) is 2.13. The first-order valence-electron chi connectivity index (χ1n) is 12.8. The highest BCUT2D eigenvalue weighted by Crippen LogP contribution is 2.33. The molecule has 0 atom stereocenters. The van der Waals surface area contributed by atoms with Crippen LogP contribution in [0.1, 0.15) is 23.6 Å². The number of hydrazone groups is 1. The Morgan fingerprint density at radius 2 is 1.80 bits per heavy atom. The van der Waals surface area contributed by atoms with Crippen LogP contribution in [0.4, 0.5) is 5.95 Å². The summed E-state index contributed by atoms with van der Waals surface area (Å²) in [4.78, 5) is 31.6. The molecule has 0 aliphatic heterocycles. The van der Waals surface area contributed by atoms with Crippen molar-refractivity contribution < 1.29 is 14.3 Å². The second-order valence-electron chi connectivity index (χ2n) is 8.61. The number of rotatable bonds is 12. The monoisotopic (exact) mass is 570 g/mol. The third-order valence-electron chi connectivity index (χ3n) is 5.75. The first-order chi connectivity index (χ1) is 20.0. The third-order valence-corrected chi connectivity index (χ3v) is 6.08. The van der Waals surface area contributed by atoms with Gasteiger partial charge >= 0.3 is 0 Å². The topological polar surface area (TPSA) is 141 Å². The van der Waals surface area contributed by atoms with Gasteiger partial charge in [-0.3, -0.25) is 14.6 Å². The summed E-state index contributed by atoms with van der Waals surface area (Å²) in [5, 5.41) is 16.7. The number of aromatic amines is 1. The smallest absolute Gasteiger partial charge is 0.270 e. The van der Waals surface area contributed by atoms with Crippen LogP contribution < -0.4 is 25.8 Å². The molecular weight excluding hydrogens is 544 g/mol. The number of nitriles is 1. The second kappa shape index (κ2) is 14.3. The van der Waals surface area contributed by atoms with Crippen LogP contribution >= 0.6 is 11.6 Å². The summed E-state index contributed by atoms with van der Waals surface area (Å²) in [6.45, 7) is 2.46. The SMILES string of the molecule is CCOc1cc(C=NNc2nc(-c3ccccc3)c(C#N)c(=O)[nH]2)c(Cl)cc1OCC(=O)NCCc1ccccc1. The van der Waals surface area contributed by atoms with Crippen LogP contribution in [-0.2, 0) is 11.2 Å². The summed E-state index contributed by atoms with van der Waals surface area (Å²) >= 11 is 6.46. The summed E-state index contributed by atoms with van der Waals surface area (Å²) in [6, 6.07) is 23.8. The average Bonchev–Trinajstić information content (AvgIpc) is 2.98. The van der Waals surface area contributed by atoms with E-state index < -0.39 is 5.56 Å². The van der Waals surface area contributed by atoms with E-state index in [2.05, 4.69) is 25.8 Å². The van der Waals surface area contributed by atoms with Gasteiger partial charge in [-0.15, -0.1) is 0 Å². The molecule has 3 aromatic carbocycles. The minimum Gasteiger partial charge on any atom is -0.490 e. The third kappa shape index (κ3) is 7.94. The number of H-pyrrole nitrogens is 1. The van der Waals surface area contributed by atoms with Crippen molar-refractivity contribution in [2.75, 3.05) is 25.2 Å². The zero-order valence-electron chi connectivity index (χ0n) is 22.2. The van der Waals surface area contributed by atoms with Gasteiger partial charge in [0.2, 0.25) is 5.95 Å². The van der Waals surface area contributed by atoms with E-state index in [4.69, 9.17) is 21.1 Å². The number of nitrogens with zero attached hydrogens (tertiary/aromatic N) is 3. The van der Waals surface area contributed by atoms with Gasteiger partial charge in [-0.2, -0.15) is 10.4 Å². The minimum absolute atomic E-state index is 0.0449. The number of hydrogen-bond acceptors (Lipinski definition) is 8. The second-order valence-corrected chi connectivity index (χ2v) is 9.02. The Labute approximate surface area is 241 Å². The highest BCUT2D eigenvalue weighted by molar-refractivity contribution is 6.33. The van der Waals surface area contributed by atoms with E-state index in [0.717, 1.165) is 5.56 Å². The van der Waals surface area contributed by atoms with Gasteiger partial charge in [-0.05, 0) is 25.0 Å². The van der Waals surface area contributed by atoms with E-state index in [9.17, 15) is 14.9 Å². The number of amides is 1. The number of aromatic nitrogens is 2. The lowest BCUT2D eigenvalue weighted by Gasteiger charge is -2.14. The zero-order chi connectivity index (χ0) is 29.0. The Morgan fingerprint density at radius 1 is 1.10 bits per heavy atom. The van der Waals surface area contributed by atoms with Crippen molar-refractivity contribution in [2.24, 2.45) is 5.10 Å². The van der Waals surface area contributed by atoms with Crippen LogP contribution in [-0.4, -0.2) is 41.8 Å². The molecule has 1 amide bonds. The van der Waals surface area contributed by atoms with E-state index in [0.29, 0.717) is 47.2 Å². The Hall–Kier alpha value is -5.14. The first-order valence-corrected chi connectivity index (χ1v) is 13.1. The molecule has 0 fully saturated rings. The van der Waals surface area contributed by atoms with Crippen LogP contribution in [0, 0.1) is 11.3 Å². The van der Waals surface area contributed by atoms with E-state index in [1.807, 2.05) is 49.4 Å². The van der Waals surface area contributed by atoms with Crippen LogP contribution in [0.5, 0.6) is 11.5 Å². The van der Waals surface area contributed by atoms with Crippen molar-refractivity contribution >= 4 is 29.7 Å². The molecule has 11 heteroatoms. The van der Waals surface area contributed by atoms with Gasteiger partial charge in [0, 0.05) is 23.7 Å². The van der Waals surface area contributed by atoms with Gasteiger partial charge in [-0.1, -0.05) is 72.3 Å². The van der Waals surface area contributed by atoms with E-state index >= 15 is 0 Å². The first kappa shape index (κ1) is 28.9. The molecule has 3 N–H and O–H groups in total. The molecule has 1 heterocycles. The van der Waals surface area contributed by atoms with Crippen molar-refractivity contribution in [1.82, 2.24) is 15.3 Å². The molecule has 41 heavy (non-hydrogen) atoms. The van der Waals surface area contributed by atoms with Crippen LogP contribution in [0.25, 0.3) is 11.3 Å². The highest BCUT2D eigenvalue weighted by atomic mass is 35.5. The number of hydrogen-bond donors (Lipinski definition) is 3. The quantitative estimate of drug-likeness (QED) is 0.168. The molecule has 4 aromatic rings. The maximum absolute atomic E-state index is 12.4. The summed E-state index contributed by atoms with van der Waals surface area (Å²) in [5.41, 5.74) is 4.44. The maximum Gasteiger partial charge on any atom is 0.270 e. The van der Waals surface area contributed by atoms with Gasteiger partial charge in [0.15, 0.2) is 18.1 Å². The largest absolute Gasteiger partial charge is 0.490 e. The van der Waals surface area contributed by atoms with Crippen LogP contribution in [0.15, 0.2) is 82.7 Å². The summed E-state index contributed by atoms with van der Waals surface area (Å²) in [7, 11) is 0. The van der Waals surface area contributed by atoms with Crippen LogP contribution in [0.3, 0.4) is 0 Å². The Bertz CT molecular complexity index is 1620. The molecule has 208 valence electrons. The van der Waals surface area contributed by atoms with Gasteiger partial charge in [0.1, 0.15) is 11.6 Å². The van der Waals surface area contributed by atoms with Gasteiger partial charge in [0.25, 0.3) is 11.5 Å². The Kier molecular flexibility index (Phi) is 10.1. The molecule has 0 bridgehead atoms. The molecule has 0 saturated carbocycles. The lowest BCUT2D eigenvalue weighted by Crippen LogP contribution is -2.30. The molecule has 0 radical (unpaired) electrons. The fraction of sp³-hybridized carbons (Fsp3) is 0.167. The molecule has 0 spiro atoms. The number of halogens is 1. The van der Waals surface area contributed by atoms with Gasteiger partial charge in [-0.25, -0.2) is 10.4 Å². The minimum atomic E-state index is -0.596. The Balaban J connectivity index is 1.42. The summed E-state index contributed by atoms with van der Waals surface area (Å²) < 4.78 is 11.4. The fourth-order valence-corrected chi connectivity index (χ4v) is 4.02. The average molecular weight is 571 g/mol. The fourth-order valence-electron chi connectivity index (χ4n) is 3.81. The predicted molar refractivity (Wildman–Crippen MR) is 157 cm³/mol. The van der Waals surface area contributed by atoms with Crippen LogP contribution in [0.2, 0.25) is 5.02 Å². The lowest BCUT2D eigenvalue weighted by molar-refractivity contribution is -0.123. The van der Waals surface area contributed by atoms with E-state index in [1.54, 1.807) is 36.4 Å². The van der Waals surface area contributed by atoms with Crippen molar-refractivity contribution in [3.63, 3.8) is 0 Å². The van der Waals surface area contributed by atoms with E-state index in [1.165, 1.54) is 6.21 Å². The number of anilines is 1. The summed E-state index contributed by atoms with van der Waals surface area (Å²) in [5.74, 6) is 0.467. The van der Waals surface area contributed by atoms with Crippen molar-refractivity contribution in [3.8, 4) is 28.8 Å². The number of carbonyl (C=O) groups excluding carboxylic acids is 1. The molecule has 0 aliphatic carbocycles. The zero-order valence-corrected chi connectivity index (χ0v) is 22.9. The standard InChI is InChI=1S/C30H27ClN6O4/c1-2-40-25-15-22(24(31)16-26(25)41-19-27(38)33-14-13-20-9-5-3-6-10-20)18-34-37-30-35-28(21-11-7-4-8-12-21)23(17-32)29(39)36-30/h3-12,15-16,18H,2,13-14,19H2,1H3,(H,33,38)(H2,35,36,37,39). The highest BCUT2D eigenvalue weighted by Gasteiger charge is 2.14. The van der Waals surface area contributed by atoms with Crippen molar-refractivity contribution in [3.05, 3.63) is 105 Å². The maximum atomic E-state index is 12.4. The number of ether oxygens (including phenoxy) is 2. The number of benzene rings is 3. The molecular formula is C30H27ClN6O4. The molecule has 10 nitrogen and oxygen atoms in total. The number of carbonyl (C=O) groups is 1. The number of nitrogens with one attached hydrogen (secondary N) is 3. The van der Waals surface area contributed by atoms with E-state index in [-0.39, 0.29) is 29.7 Å². The van der Waals surface area contributed by atoms with Crippen molar-refractivity contribution in [2.45, 2.75) is 13.3 Å². The molecule has 4 rings (SSSR count). The molecule has 0 saturated heterocycles. The molecule has 1 aromatic heterocycles. The predicted octanol–water partition coefficient (Wildman–Crippen LogP) is 4.54. The Morgan fingerprint density at radius 3 is 2.51 bits per heavy atom. The molecule has 0 unspecified atom stereocenters. The van der Waals surface area contributed by atoms with Gasteiger partial charge < -0.3 is 14.8 Å².